The van der Waals surface area contributed by atoms with Crippen molar-refractivity contribution in [2.24, 2.45) is 0 Å². The predicted octanol–water partition coefficient (Wildman–Crippen LogP) is 3.90. The molecule has 0 radical (unpaired) electrons. The fraction of sp³-hybridized carbons (Fsp3) is 0.333. The van der Waals surface area contributed by atoms with Gasteiger partial charge in [-0.1, -0.05) is 36.4 Å². The van der Waals surface area contributed by atoms with E-state index in [1.807, 2.05) is 36.4 Å². The number of fused-ring (bicyclic) bond motifs is 1. The number of aromatic hydroxyl groups is 1. The molecule has 1 atom stereocenters. The van der Waals surface area contributed by atoms with E-state index in [0.29, 0.717) is 5.75 Å². The highest BCUT2D eigenvalue weighted by molar-refractivity contribution is 5.94. The predicted molar refractivity (Wildman–Crippen MR) is 116 cm³/mol. The van der Waals surface area contributed by atoms with Gasteiger partial charge in [-0.2, -0.15) is 0 Å². The van der Waals surface area contributed by atoms with Gasteiger partial charge in [0.2, 0.25) is 0 Å². The van der Waals surface area contributed by atoms with Crippen molar-refractivity contribution in [2.75, 3.05) is 47.4 Å². The minimum absolute atomic E-state index is 0.0230. The maximum Gasteiger partial charge on any atom is 0.128 e. The van der Waals surface area contributed by atoms with Crippen molar-refractivity contribution in [1.82, 2.24) is 9.80 Å². The first-order chi connectivity index (χ1) is 14.1. The average Bonchev–Trinajstić information content (AvgIpc) is 2.77. The minimum Gasteiger partial charge on any atom is -0.507 e. The number of piperazine rings is 1. The van der Waals surface area contributed by atoms with E-state index in [0.717, 1.165) is 59.6 Å². The molecule has 0 aromatic heterocycles. The topological polar surface area (TPSA) is 45.2 Å². The van der Waals surface area contributed by atoms with E-state index in [9.17, 15) is 5.11 Å². The van der Waals surface area contributed by atoms with Crippen molar-refractivity contribution in [1.29, 1.82) is 0 Å². The maximum atomic E-state index is 11.3. The van der Waals surface area contributed by atoms with Crippen LogP contribution in [0.25, 0.3) is 10.8 Å². The molecule has 1 aliphatic rings. The first-order valence-electron chi connectivity index (χ1n) is 9.97. The molecule has 1 N–H and O–H groups in total. The van der Waals surface area contributed by atoms with E-state index in [4.69, 9.17) is 9.47 Å². The molecule has 4 rings (SSSR count). The van der Waals surface area contributed by atoms with Crippen LogP contribution < -0.4 is 9.47 Å². The summed E-state index contributed by atoms with van der Waals surface area (Å²) in [6.07, 6.45) is 0. The molecule has 3 aromatic carbocycles. The Balaban J connectivity index is 1.83. The van der Waals surface area contributed by atoms with E-state index >= 15 is 0 Å². The molecule has 0 bridgehead atoms. The van der Waals surface area contributed by atoms with E-state index < -0.39 is 0 Å². The summed E-state index contributed by atoms with van der Waals surface area (Å²) in [5.41, 5.74) is 2.06. The lowest BCUT2D eigenvalue weighted by molar-refractivity contribution is 0.126. The number of likely N-dealkylation sites (N-methyl/N-ethyl adjacent to an activating group) is 1. The van der Waals surface area contributed by atoms with Gasteiger partial charge in [0.15, 0.2) is 0 Å². The summed E-state index contributed by atoms with van der Waals surface area (Å²) in [6, 6.07) is 18.0. The average molecular weight is 392 g/mol. The van der Waals surface area contributed by atoms with E-state index in [-0.39, 0.29) is 6.04 Å². The Kier molecular flexibility index (Phi) is 5.60. The van der Waals surface area contributed by atoms with Crippen LogP contribution >= 0.6 is 0 Å². The second-order valence-corrected chi connectivity index (χ2v) is 7.57. The molecule has 0 saturated carbocycles. The zero-order valence-corrected chi connectivity index (χ0v) is 17.3. The lowest BCUT2D eigenvalue weighted by Gasteiger charge is -2.38. The number of phenolic OH excluding ortho intramolecular Hbond substituents is 1. The summed E-state index contributed by atoms with van der Waals surface area (Å²) < 4.78 is 10.8. The molecule has 1 fully saturated rings. The van der Waals surface area contributed by atoms with Gasteiger partial charge in [0.25, 0.3) is 0 Å². The first-order valence-corrected chi connectivity index (χ1v) is 9.97. The summed E-state index contributed by atoms with van der Waals surface area (Å²) in [7, 11) is 5.49. The fourth-order valence-electron chi connectivity index (χ4n) is 4.18. The van der Waals surface area contributed by atoms with E-state index in [1.165, 1.54) is 0 Å². The number of hydrogen-bond acceptors (Lipinski definition) is 5. The molecule has 0 unspecified atom stereocenters. The third kappa shape index (κ3) is 3.76. The van der Waals surface area contributed by atoms with Gasteiger partial charge < -0.3 is 19.5 Å². The van der Waals surface area contributed by atoms with Gasteiger partial charge in [-0.05, 0) is 30.8 Å². The van der Waals surface area contributed by atoms with E-state index in [2.05, 4.69) is 35.0 Å². The number of benzene rings is 3. The van der Waals surface area contributed by atoms with Crippen LogP contribution in [0, 0.1) is 0 Å². The smallest absolute Gasteiger partial charge is 0.128 e. The Bertz CT molecular complexity index is 979. The molecule has 1 heterocycles. The normalized spacial score (nSPS) is 16.7. The molecule has 29 heavy (non-hydrogen) atoms. The lowest BCUT2D eigenvalue weighted by Crippen LogP contribution is -2.46. The summed E-state index contributed by atoms with van der Waals surface area (Å²) in [5, 5.41) is 13.0. The molecule has 3 aromatic rings. The summed E-state index contributed by atoms with van der Waals surface area (Å²) in [5.74, 6) is 1.92. The summed E-state index contributed by atoms with van der Waals surface area (Å²) >= 11 is 0. The van der Waals surface area contributed by atoms with Crippen molar-refractivity contribution in [2.45, 2.75) is 6.04 Å². The number of methoxy groups -OCH3 is 2. The van der Waals surface area contributed by atoms with Crippen LogP contribution in [-0.4, -0.2) is 62.4 Å². The number of hydrogen-bond donors (Lipinski definition) is 1. The monoisotopic (exact) mass is 392 g/mol. The van der Waals surface area contributed by atoms with Crippen LogP contribution in [0.1, 0.15) is 17.2 Å². The summed E-state index contributed by atoms with van der Waals surface area (Å²) in [6.45, 7) is 3.91. The largest absolute Gasteiger partial charge is 0.507 e. The number of rotatable bonds is 5. The van der Waals surface area contributed by atoms with Crippen LogP contribution in [0.2, 0.25) is 0 Å². The van der Waals surface area contributed by atoms with Gasteiger partial charge in [-0.25, -0.2) is 0 Å². The van der Waals surface area contributed by atoms with Crippen LogP contribution in [0.5, 0.6) is 17.2 Å². The molecule has 1 aliphatic heterocycles. The van der Waals surface area contributed by atoms with Gasteiger partial charge in [-0.15, -0.1) is 0 Å². The molecule has 0 amide bonds. The van der Waals surface area contributed by atoms with Crippen LogP contribution in [0.3, 0.4) is 0 Å². The van der Waals surface area contributed by atoms with Gasteiger partial charge in [0, 0.05) is 42.5 Å². The van der Waals surface area contributed by atoms with Gasteiger partial charge in [0.1, 0.15) is 17.2 Å². The lowest BCUT2D eigenvalue weighted by atomic mass is 9.93. The molecule has 1 saturated heterocycles. The third-order valence-corrected chi connectivity index (χ3v) is 5.87. The molecular weight excluding hydrogens is 364 g/mol. The second kappa shape index (κ2) is 8.31. The number of phenols is 1. The van der Waals surface area contributed by atoms with E-state index in [1.54, 1.807) is 14.2 Å². The first kappa shape index (κ1) is 19.6. The maximum absolute atomic E-state index is 11.3. The van der Waals surface area contributed by atoms with Crippen LogP contribution in [0.15, 0.2) is 54.6 Å². The highest BCUT2D eigenvalue weighted by Gasteiger charge is 2.28. The minimum atomic E-state index is -0.0230. The molecule has 0 aliphatic carbocycles. The standard InChI is InChI=1S/C24H28N2O3/c1-25-13-15-26(16-14-25)23(17-7-9-18(28-2)10-8-17)21-12-11-19-20(24(21)27)5-4-6-22(19)29-3/h4-12,23,27H,13-16H2,1-3H3/t23-/m0/s1. The summed E-state index contributed by atoms with van der Waals surface area (Å²) in [4.78, 5) is 4.79. The van der Waals surface area contributed by atoms with Crippen molar-refractivity contribution in [3.05, 3.63) is 65.7 Å². The van der Waals surface area contributed by atoms with Crippen molar-refractivity contribution >= 4 is 10.8 Å². The second-order valence-electron chi connectivity index (χ2n) is 7.57. The zero-order chi connectivity index (χ0) is 20.4. The Morgan fingerprint density at radius 1 is 0.828 bits per heavy atom. The SMILES string of the molecule is COc1ccc([C@@H](c2ccc3c(OC)cccc3c2O)N2CCN(C)CC2)cc1. The molecular formula is C24H28N2O3. The van der Waals surface area contributed by atoms with Crippen LogP contribution in [0.4, 0.5) is 0 Å². The Morgan fingerprint density at radius 2 is 1.55 bits per heavy atom. The number of ether oxygens (including phenoxy) is 2. The Morgan fingerprint density at radius 3 is 2.21 bits per heavy atom. The quantitative estimate of drug-likeness (QED) is 0.714. The zero-order valence-electron chi connectivity index (χ0n) is 17.3. The van der Waals surface area contributed by atoms with Crippen molar-refractivity contribution in [3.63, 3.8) is 0 Å². The van der Waals surface area contributed by atoms with Gasteiger partial charge in [-0.3, -0.25) is 4.90 Å². The highest BCUT2D eigenvalue weighted by Crippen LogP contribution is 2.41. The van der Waals surface area contributed by atoms with Gasteiger partial charge >= 0.3 is 0 Å². The Hall–Kier alpha value is -2.76. The third-order valence-electron chi connectivity index (χ3n) is 5.87. The number of nitrogens with zero attached hydrogens (tertiary/aromatic N) is 2. The molecule has 5 nitrogen and oxygen atoms in total. The molecule has 152 valence electrons. The Labute approximate surface area is 172 Å². The fourth-order valence-corrected chi connectivity index (χ4v) is 4.18. The molecule has 0 spiro atoms. The van der Waals surface area contributed by atoms with Crippen molar-refractivity contribution in [3.8, 4) is 17.2 Å². The van der Waals surface area contributed by atoms with Crippen LogP contribution in [-0.2, 0) is 0 Å². The van der Waals surface area contributed by atoms with Crippen molar-refractivity contribution < 1.29 is 14.6 Å². The molecule has 5 heteroatoms. The van der Waals surface area contributed by atoms with Gasteiger partial charge in [0.05, 0.1) is 20.3 Å². The highest BCUT2D eigenvalue weighted by atomic mass is 16.5.